The number of carbonyl (C=O) groups excluding carboxylic acids is 5. The lowest BCUT2D eigenvalue weighted by molar-refractivity contribution is -0.403. The zero-order chi connectivity index (χ0) is 84.1. The van der Waals surface area contributed by atoms with E-state index in [1.807, 2.05) is 0 Å². The Morgan fingerprint density at radius 3 is 0.982 bits per heavy atom. The van der Waals surface area contributed by atoms with Crippen LogP contribution in [0.2, 0.25) is 0 Å². The van der Waals surface area contributed by atoms with Gasteiger partial charge in [-0.05, 0) is 6.92 Å². The molecule has 9 rings (SSSR count). The van der Waals surface area contributed by atoms with Crippen LogP contribution in [0.4, 0.5) is 0 Å². The number of hydrogen-bond acceptors (Lipinski definition) is 45. The molecule has 0 bridgehead atoms. The molecule has 0 aromatic rings. The van der Waals surface area contributed by atoms with Crippen LogP contribution in [0.25, 0.3) is 0 Å². The Morgan fingerprint density at radius 1 is 0.246 bits per heavy atom. The molecule has 9 aliphatic heterocycles. The third-order valence-electron chi connectivity index (χ3n) is 20.7. The highest BCUT2D eigenvalue weighted by atomic mass is 16.8. The van der Waals surface area contributed by atoms with Gasteiger partial charge in [0, 0.05) is 34.6 Å². The van der Waals surface area contributed by atoms with Crippen LogP contribution in [0, 0.1) is 0 Å². The summed E-state index contributed by atoms with van der Waals surface area (Å²) < 4.78 is 102. The standard InChI is InChI=1S/C64H107N5O45/c1-15-34(81)45(92)47(94)61(100-15)98-14-28-52(43(90)29(56(97)101-28)65-16(2)76)110-60-33(69-20(6)80)44(91)50(25(11-74)106-60)111-62-49(96)53(39(86)27(108-62)13-99-63-54(46(93)38(85)24(10-73)105-63)113-58-31(67-18(4)78)41(88)36(83)22(8-71)103-58)112-64-55(114-59-32(68-19(5)79)42(89)37(84)23(9-72)104-59)48(95)51(26(12-75)107-64)109-57-30(66-17(3)77)40(87)35(82)21(7-70)102-57/h15,21-64,70-75,81-97H,7-14H2,1-6H3,(H,65,76)(H,66,77)(H,67,78)(H,68,79)(H,69,80)/t15-,21+,22+,23+,24+,25+,26+,27+,28+,29+,30+,31+,32-,33+,34+,35+,36+,37+,38+,39+,40+,41+,42+,43+,44+,45+,46-,47-,48-,49-,50+,51+,52+,53-,54-,55-,56+,57-,58-,59-,60-,61+,62-,63-,64+/m0/s1. The van der Waals surface area contributed by atoms with Gasteiger partial charge in [-0.25, -0.2) is 0 Å². The van der Waals surface area contributed by atoms with Crippen LogP contribution in [0.3, 0.4) is 0 Å². The molecule has 0 aromatic carbocycles. The molecule has 45 atom stereocenters. The highest BCUT2D eigenvalue weighted by Crippen LogP contribution is 2.40. The van der Waals surface area contributed by atoms with Crippen LogP contribution in [0.15, 0.2) is 0 Å². The monoisotopic (exact) mass is 1670 g/mol. The van der Waals surface area contributed by atoms with Gasteiger partial charge in [-0.2, -0.15) is 0 Å². The molecule has 0 saturated carbocycles. The van der Waals surface area contributed by atoms with Gasteiger partial charge in [0.1, 0.15) is 213 Å². The predicted octanol–water partition coefficient (Wildman–Crippen LogP) is -18.9. The van der Waals surface area contributed by atoms with E-state index < -0.39 is 358 Å². The van der Waals surface area contributed by atoms with E-state index in [9.17, 15) is 141 Å². The largest absolute Gasteiger partial charge is 0.394 e. The van der Waals surface area contributed by atoms with Crippen LogP contribution in [0.5, 0.6) is 0 Å². The molecule has 0 spiro atoms. The lowest BCUT2D eigenvalue weighted by Crippen LogP contribution is -2.71. The summed E-state index contributed by atoms with van der Waals surface area (Å²) in [6.45, 7) is -2.56. The molecule has 9 aliphatic rings. The lowest BCUT2D eigenvalue weighted by atomic mass is 9.93. The fraction of sp³-hybridized carbons (Fsp3) is 0.922. The first-order valence-electron chi connectivity index (χ1n) is 36.5. The summed E-state index contributed by atoms with van der Waals surface area (Å²) >= 11 is 0. The van der Waals surface area contributed by atoms with E-state index in [4.69, 9.17) is 80.5 Å². The van der Waals surface area contributed by atoms with Gasteiger partial charge in [-0.15, -0.1) is 0 Å². The summed E-state index contributed by atoms with van der Waals surface area (Å²) in [6.07, 6.45) is -82.2. The maximum atomic E-state index is 13.2. The lowest BCUT2D eigenvalue weighted by Gasteiger charge is -2.52. The van der Waals surface area contributed by atoms with Gasteiger partial charge in [0.2, 0.25) is 29.5 Å². The molecule has 50 heteroatoms. The molecule has 9 fully saturated rings. The number of aliphatic hydroxyl groups excluding tert-OH is 23. The Morgan fingerprint density at radius 2 is 0.553 bits per heavy atom. The van der Waals surface area contributed by atoms with Crippen molar-refractivity contribution in [3.63, 3.8) is 0 Å². The number of ether oxygens (including phenoxy) is 17. The smallest absolute Gasteiger partial charge is 0.217 e. The van der Waals surface area contributed by atoms with Crippen LogP contribution in [0.1, 0.15) is 41.5 Å². The average molecular weight is 1670 g/mol. The van der Waals surface area contributed by atoms with Crippen molar-refractivity contribution >= 4 is 29.5 Å². The van der Waals surface area contributed by atoms with Crippen LogP contribution in [-0.2, 0) is 104 Å². The van der Waals surface area contributed by atoms with Crippen molar-refractivity contribution in [1.82, 2.24) is 26.6 Å². The highest BCUT2D eigenvalue weighted by Gasteiger charge is 2.61. The minimum absolute atomic E-state index is 0.835. The SMILES string of the molecule is CC(=O)N[C@@H]1[C@H](O[C@@H]2[C@@H](O[C@@H]3[C@H](O)[C@H](O[C@H]4[C@H](O)[C@@H](NC(C)=O)[C@H](O[C@H]5[C@H](O)[C@@H](NC(C)=O)[C@H](O)O[C@@H]5CO[C@@H]5O[C@@H](C)[C@@H](O)[C@@H](O)[C@@H]5O)O[C@@H]4CO)O[C@H](CO[C@H]4O[C@H](CO)[C@@H](O)[C@H](O)[C@@H]4O[C@@H]4O[C@H](CO)[C@@H](O)[C@H](O)[C@H]4NC(C)=O)[C@H]3O)O[C@H](CO)[C@@H](O[C@@H]3O[C@H](CO)[C@@H](O)[C@H](O)[C@H]3NC(C)=O)[C@@H]2O)O[C@H](CO)[C@@H](O)[C@@H]1O. The second-order valence-corrected chi connectivity index (χ2v) is 28.9. The maximum Gasteiger partial charge on any atom is 0.217 e. The topological polar surface area (TPSA) is 768 Å². The number of carbonyl (C=O) groups is 5. The number of amides is 5. The fourth-order valence-corrected chi connectivity index (χ4v) is 14.7. The average Bonchev–Trinajstić information content (AvgIpc) is 0.764. The third kappa shape index (κ3) is 21.0. The van der Waals surface area contributed by atoms with Crippen molar-refractivity contribution in [2.45, 2.75) is 318 Å². The van der Waals surface area contributed by atoms with E-state index >= 15 is 0 Å². The molecule has 0 aliphatic carbocycles. The molecule has 28 N–H and O–H groups in total. The molecule has 9 saturated heterocycles. The van der Waals surface area contributed by atoms with Crippen molar-refractivity contribution in [1.29, 1.82) is 0 Å². The zero-order valence-corrected chi connectivity index (χ0v) is 61.9. The fourth-order valence-electron chi connectivity index (χ4n) is 14.7. The van der Waals surface area contributed by atoms with E-state index in [0.29, 0.717) is 0 Å². The molecule has 9 heterocycles. The van der Waals surface area contributed by atoms with Crippen LogP contribution < -0.4 is 26.6 Å². The second kappa shape index (κ2) is 40.9. The number of hydrogen-bond donors (Lipinski definition) is 28. The van der Waals surface area contributed by atoms with E-state index in [1.165, 1.54) is 6.92 Å². The molecule has 0 aromatic heterocycles. The van der Waals surface area contributed by atoms with Crippen molar-refractivity contribution in [3.8, 4) is 0 Å². The molecule has 50 nitrogen and oxygen atoms in total. The molecular formula is C64H107N5O45. The van der Waals surface area contributed by atoms with Crippen molar-refractivity contribution < 1.29 is 222 Å². The van der Waals surface area contributed by atoms with Crippen molar-refractivity contribution in [3.05, 3.63) is 0 Å². The molecule has 0 unspecified atom stereocenters. The summed E-state index contributed by atoms with van der Waals surface area (Å²) in [5.41, 5.74) is 0. The highest BCUT2D eigenvalue weighted by molar-refractivity contribution is 5.75. The number of nitrogens with one attached hydrogen (secondary N) is 5. The summed E-state index contributed by atoms with van der Waals surface area (Å²) in [7, 11) is 0. The van der Waals surface area contributed by atoms with E-state index in [-0.39, 0.29) is 0 Å². The number of rotatable bonds is 29. The van der Waals surface area contributed by atoms with Crippen LogP contribution in [-0.4, -0.2) is 476 Å². The normalized spacial score (nSPS) is 48.2. The van der Waals surface area contributed by atoms with Gasteiger partial charge in [0.15, 0.2) is 56.6 Å². The Bertz CT molecular complexity index is 3080. The van der Waals surface area contributed by atoms with Crippen molar-refractivity contribution in [2.24, 2.45) is 0 Å². The Labute approximate surface area is 646 Å². The van der Waals surface area contributed by atoms with Crippen molar-refractivity contribution in [2.75, 3.05) is 52.9 Å². The molecule has 658 valence electrons. The van der Waals surface area contributed by atoms with E-state index in [1.54, 1.807) is 0 Å². The quantitative estimate of drug-likeness (QED) is 0.0331. The first kappa shape index (κ1) is 93.6. The maximum absolute atomic E-state index is 13.2. The summed E-state index contributed by atoms with van der Waals surface area (Å²) in [4.78, 5) is 63.5. The van der Waals surface area contributed by atoms with Gasteiger partial charge in [-0.3, -0.25) is 24.0 Å². The summed E-state index contributed by atoms with van der Waals surface area (Å²) in [5, 5.41) is 270. The summed E-state index contributed by atoms with van der Waals surface area (Å²) in [5.74, 6) is -4.46. The summed E-state index contributed by atoms with van der Waals surface area (Å²) in [6, 6.07) is -9.18. The van der Waals surface area contributed by atoms with E-state index in [2.05, 4.69) is 26.6 Å². The van der Waals surface area contributed by atoms with Crippen LogP contribution >= 0.6 is 0 Å². The van der Waals surface area contributed by atoms with E-state index in [0.717, 1.165) is 34.6 Å². The number of aliphatic hydroxyl groups is 23. The van der Waals surface area contributed by atoms with Gasteiger partial charge in [0.05, 0.1) is 59.0 Å². The van der Waals surface area contributed by atoms with Gasteiger partial charge < -0.3 is 225 Å². The van der Waals surface area contributed by atoms with Gasteiger partial charge in [-0.1, -0.05) is 0 Å². The second-order valence-electron chi connectivity index (χ2n) is 28.9. The minimum Gasteiger partial charge on any atom is -0.394 e. The molecule has 0 radical (unpaired) electrons. The first-order chi connectivity index (χ1) is 53.8. The zero-order valence-electron chi connectivity index (χ0n) is 61.9. The first-order valence-corrected chi connectivity index (χ1v) is 36.5. The Balaban J connectivity index is 1.10. The predicted molar refractivity (Wildman–Crippen MR) is 354 cm³/mol. The Kier molecular flexibility index (Phi) is 33.6. The third-order valence-corrected chi connectivity index (χ3v) is 20.7. The molecule has 5 amide bonds. The van der Waals surface area contributed by atoms with Gasteiger partial charge in [0.25, 0.3) is 0 Å². The molecule has 114 heavy (non-hydrogen) atoms. The minimum atomic E-state index is -2.62. The Hall–Kier alpha value is -4.25. The van der Waals surface area contributed by atoms with Gasteiger partial charge >= 0.3 is 0 Å². The molecular weight excluding hydrogens is 1560 g/mol.